The molecule has 0 radical (unpaired) electrons. The molecule has 3 aromatic rings. The van der Waals surface area contributed by atoms with Gasteiger partial charge in [-0.05, 0) is 18.3 Å². The molecule has 0 aliphatic carbocycles. The van der Waals surface area contributed by atoms with Crippen LogP contribution in [0.15, 0.2) is 28.7 Å². The Hall–Kier alpha value is -1.25. The van der Waals surface area contributed by atoms with Crippen molar-refractivity contribution in [3.05, 3.63) is 34.1 Å². The standard InChI is InChI=1S/C16H16ClN3O2S2/c17-13-11-3-1-2-4-12(11)24-14(13)15-18-20(16(23)22-15)9-19-7-5-10(21)6-8-19/h1-4,10,21H,5-9H2/p+1. The zero-order valence-corrected chi connectivity index (χ0v) is 15.3. The quantitative estimate of drug-likeness (QED) is 0.684. The molecule has 1 fully saturated rings. The van der Waals surface area contributed by atoms with Gasteiger partial charge in [-0.3, -0.25) is 0 Å². The van der Waals surface area contributed by atoms with Crippen molar-refractivity contribution in [1.29, 1.82) is 0 Å². The van der Waals surface area contributed by atoms with Crippen LogP contribution in [0.1, 0.15) is 12.8 Å². The molecule has 24 heavy (non-hydrogen) atoms. The maximum absolute atomic E-state index is 9.61. The van der Waals surface area contributed by atoms with E-state index in [-0.39, 0.29) is 6.10 Å². The van der Waals surface area contributed by atoms with E-state index in [9.17, 15) is 5.11 Å². The Balaban J connectivity index is 1.63. The summed E-state index contributed by atoms with van der Waals surface area (Å²) in [5, 5.41) is 15.8. The second-order valence-electron chi connectivity index (χ2n) is 6.05. The Morgan fingerprint density at radius 3 is 2.88 bits per heavy atom. The fourth-order valence-electron chi connectivity index (χ4n) is 3.03. The van der Waals surface area contributed by atoms with Crippen molar-refractivity contribution in [3.63, 3.8) is 0 Å². The smallest absolute Gasteiger partial charge is 0.292 e. The average molecular weight is 383 g/mol. The molecule has 2 aromatic heterocycles. The molecule has 1 aliphatic heterocycles. The highest BCUT2D eigenvalue weighted by atomic mass is 35.5. The van der Waals surface area contributed by atoms with Crippen molar-refractivity contribution in [2.24, 2.45) is 0 Å². The molecule has 1 saturated heterocycles. The predicted octanol–water partition coefficient (Wildman–Crippen LogP) is 2.74. The summed E-state index contributed by atoms with van der Waals surface area (Å²) >= 11 is 13.4. The molecule has 2 N–H and O–H groups in total. The van der Waals surface area contributed by atoms with E-state index in [0.29, 0.717) is 22.4 Å². The van der Waals surface area contributed by atoms with Crippen LogP contribution < -0.4 is 4.90 Å². The Kier molecular flexibility index (Phi) is 4.44. The molecule has 5 nitrogen and oxygen atoms in total. The molecule has 1 aromatic carbocycles. The van der Waals surface area contributed by atoms with Crippen LogP contribution in [0, 0.1) is 4.84 Å². The summed E-state index contributed by atoms with van der Waals surface area (Å²) < 4.78 is 8.53. The van der Waals surface area contributed by atoms with Gasteiger partial charge < -0.3 is 14.4 Å². The number of thiophene rings is 1. The topological polar surface area (TPSA) is 55.6 Å². The Morgan fingerprint density at radius 1 is 1.38 bits per heavy atom. The van der Waals surface area contributed by atoms with E-state index in [4.69, 9.17) is 28.2 Å². The van der Waals surface area contributed by atoms with Gasteiger partial charge in [0.2, 0.25) is 0 Å². The first-order valence-corrected chi connectivity index (χ1v) is 9.49. The van der Waals surface area contributed by atoms with Crippen LogP contribution in [0.2, 0.25) is 5.02 Å². The molecule has 0 bridgehead atoms. The molecular formula is C16H17ClN3O2S2+. The van der Waals surface area contributed by atoms with Gasteiger partial charge in [-0.15, -0.1) is 16.4 Å². The Labute approximate surface area is 153 Å². The Morgan fingerprint density at radius 2 is 2.12 bits per heavy atom. The predicted molar refractivity (Wildman–Crippen MR) is 97.1 cm³/mol. The van der Waals surface area contributed by atoms with Crippen molar-refractivity contribution in [2.45, 2.75) is 25.6 Å². The van der Waals surface area contributed by atoms with E-state index in [1.165, 1.54) is 4.90 Å². The van der Waals surface area contributed by atoms with E-state index >= 15 is 0 Å². The van der Waals surface area contributed by atoms with Crippen LogP contribution in [0.25, 0.3) is 20.9 Å². The van der Waals surface area contributed by atoms with Crippen LogP contribution in [-0.4, -0.2) is 34.1 Å². The van der Waals surface area contributed by atoms with Gasteiger partial charge in [0.15, 0.2) is 6.67 Å². The zero-order valence-electron chi connectivity index (χ0n) is 12.9. The van der Waals surface area contributed by atoms with Crippen LogP contribution in [0.5, 0.6) is 0 Å². The molecule has 0 unspecified atom stereocenters. The number of quaternary nitrogens is 1. The number of nitrogens with one attached hydrogen (secondary N) is 1. The lowest BCUT2D eigenvalue weighted by atomic mass is 10.1. The molecule has 0 amide bonds. The average Bonchev–Trinajstić information content (AvgIpc) is 3.11. The number of benzene rings is 1. The van der Waals surface area contributed by atoms with Crippen LogP contribution in [-0.2, 0) is 6.67 Å². The van der Waals surface area contributed by atoms with E-state index in [1.54, 1.807) is 16.0 Å². The minimum atomic E-state index is -0.174. The van der Waals surface area contributed by atoms with Crippen molar-refractivity contribution in [1.82, 2.24) is 9.78 Å². The van der Waals surface area contributed by atoms with Gasteiger partial charge in [-0.25, -0.2) is 0 Å². The molecule has 3 heterocycles. The summed E-state index contributed by atoms with van der Waals surface area (Å²) in [5.74, 6) is 0.475. The first-order chi connectivity index (χ1) is 11.6. The number of halogens is 1. The van der Waals surface area contributed by atoms with Crippen molar-refractivity contribution < 1.29 is 14.4 Å². The van der Waals surface area contributed by atoms with Crippen molar-refractivity contribution >= 4 is 45.2 Å². The summed E-state index contributed by atoms with van der Waals surface area (Å²) in [6, 6.07) is 7.98. The largest absolute Gasteiger partial charge is 0.408 e. The van der Waals surface area contributed by atoms with Gasteiger partial charge in [0.05, 0.1) is 24.2 Å². The highest BCUT2D eigenvalue weighted by Crippen LogP contribution is 2.41. The van der Waals surface area contributed by atoms with Gasteiger partial charge in [-0.1, -0.05) is 29.8 Å². The number of hydrogen-bond donors (Lipinski definition) is 2. The lowest BCUT2D eigenvalue weighted by molar-refractivity contribution is -0.929. The maximum Gasteiger partial charge on any atom is 0.292 e. The van der Waals surface area contributed by atoms with Gasteiger partial charge in [0, 0.05) is 22.9 Å². The van der Waals surface area contributed by atoms with E-state index in [2.05, 4.69) is 5.10 Å². The number of nitrogens with zero attached hydrogens (tertiary/aromatic N) is 2. The van der Waals surface area contributed by atoms with Crippen LogP contribution in [0.4, 0.5) is 0 Å². The van der Waals surface area contributed by atoms with Gasteiger partial charge >= 0.3 is 0 Å². The Bertz CT molecular complexity index is 925. The number of rotatable bonds is 3. The minimum absolute atomic E-state index is 0.174. The maximum atomic E-state index is 9.61. The summed E-state index contributed by atoms with van der Waals surface area (Å²) in [6.07, 6.45) is 1.46. The zero-order chi connectivity index (χ0) is 16.7. The second kappa shape index (κ2) is 6.57. The minimum Gasteiger partial charge on any atom is -0.408 e. The normalized spacial score (nSPS) is 21.4. The summed E-state index contributed by atoms with van der Waals surface area (Å²) in [6.45, 7) is 2.47. The van der Waals surface area contributed by atoms with E-state index in [0.717, 1.165) is 40.9 Å². The number of aliphatic hydroxyl groups excluding tert-OH is 1. The van der Waals surface area contributed by atoms with Gasteiger partial charge in [0.25, 0.3) is 10.7 Å². The summed E-state index contributed by atoms with van der Waals surface area (Å²) in [5.41, 5.74) is 0. The first-order valence-electron chi connectivity index (χ1n) is 7.89. The van der Waals surface area contributed by atoms with E-state index < -0.39 is 0 Å². The third kappa shape index (κ3) is 3.02. The summed E-state index contributed by atoms with van der Waals surface area (Å²) in [7, 11) is 0. The first kappa shape index (κ1) is 16.2. The van der Waals surface area contributed by atoms with Gasteiger partial charge in [0.1, 0.15) is 4.88 Å². The fraction of sp³-hybridized carbons (Fsp3) is 0.375. The van der Waals surface area contributed by atoms with Crippen molar-refractivity contribution in [3.8, 4) is 10.8 Å². The number of hydrogen-bond acceptors (Lipinski definition) is 5. The lowest BCUT2D eigenvalue weighted by Crippen LogP contribution is -3.12. The molecule has 0 spiro atoms. The van der Waals surface area contributed by atoms with Crippen LogP contribution in [0.3, 0.4) is 0 Å². The van der Waals surface area contributed by atoms with Crippen molar-refractivity contribution in [2.75, 3.05) is 13.1 Å². The summed E-state index contributed by atoms with van der Waals surface area (Å²) in [4.78, 5) is 2.52. The number of aromatic nitrogens is 2. The van der Waals surface area contributed by atoms with E-state index in [1.807, 2.05) is 24.3 Å². The highest BCUT2D eigenvalue weighted by molar-refractivity contribution is 7.71. The molecule has 0 saturated carbocycles. The second-order valence-corrected chi connectivity index (χ2v) is 7.83. The van der Waals surface area contributed by atoms with Crippen LogP contribution >= 0.6 is 35.2 Å². The lowest BCUT2D eigenvalue weighted by Gasteiger charge is -2.25. The molecule has 126 valence electrons. The molecule has 1 aliphatic rings. The molecular weight excluding hydrogens is 366 g/mol. The third-order valence-electron chi connectivity index (χ3n) is 4.37. The highest BCUT2D eigenvalue weighted by Gasteiger charge is 2.23. The number of likely N-dealkylation sites (tertiary alicyclic amines) is 1. The third-order valence-corrected chi connectivity index (χ3v) is 6.33. The number of piperidine rings is 1. The molecule has 8 heteroatoms. The SMILES string of the molecule is OC1CC[NH+](Cn2nc(-c3sc4ccccc4c3Cl)oc2=S)CC1. The number of aliphatic hydroxyl groups is 1. The molecule has 0 atom stereocenters. The van der Waals surface area contributed by atoms with Gasteiger partial charge in [-0.2, -0.15) is 4.68 Å². The fourth-order valence-corrected chi connectivity index (χ4v) is 4.65. The number of fused-ring (bicyclic) bond motifs is 1. The molecule has 4 rings (SSSR count). The monoisotopic (exact) mass is 382 g/mol.